The van der Waals surface area contributed by atoms with Gasteiger partial charge in [-0.05, 0) is 82.2 Å². The monoisotopic (exact) mass is 698 g/mol. The Morgan fingerprint density at radius 3 is 2.43 bits per heavy atom. The van der Waals surface area contributed by atoms with Crippen molar-refractivity contribution in [2.45, 2.75) is 125 Å². The maximum absolute atomic E-state index is 14.4. The second-order valence-corrected chi connectivity index (χ2v) is 16.5. The lowest BCUT2D eigenvalue weighted by Gasteiger charge is -2.43. The van der Waals surface area contributed by atoms with Crippen molar-refractivity contribution in [3.05, 3.63) is 29.8 Å². The zero-order chi connectivity index (χ0) is 34.5. The summed E-state index contributed by atoms with van der Waals surface area (Å²) in [4.78, 5) is 30.4. The van der Waals surface area contributed by atoms with Gasteiger partial charge < -0.3 is 40.0 Å². The third-order valence-electron chi connectivity index (χ3n) is 9.08. The van der Waals surface area contributed by atoms with Gasteiger partial charge in [0.25, 0.3) is 0 Å². The van der Waals surface area contributed by atoms with E-state index in [9.17, 15) is 30.0 Å². The van der Waals surface area contributed by atoms with Gasteiger partial charge in [0.15, 0.2) is 0 Å². The number of amides is 2. The molecule has 10 atom stereocenters. The number of aliphatic hydroxyl groups excluding tert-OH is 4. The minimum Gasteiger partial charge on any atom is -0.444 e. The van der Waals surface area contributed by atoms with Gasteiger partial charge in [-0.3, -0.25) is 9.69 Å². The number of rotatable bonds is 11. The molecule has 0 saturated carbocycles. The average Bonchev–Trinajstić information content (AvgIpc) is 3.25. The van der Waals surface area contributed by atoms with Crippen LogP contribution >= 0.6 is 23.5 Å². The highest BCUT2D eigenvalue weighted by molar-refractivity contribution is 7.99. The molecule has 3 aliphatic rings. The molecular formula is C34H54N2O9S2. The summed E-state index contributed by atoms with van der Waals surface area (Å²) in [6.07, 6.45) is -1.50. The molecule has 266 valence electrons. The number of hydrogen-bond donors (Lipinski definition) is 5. The highest BCUT2D eigenvalue weighted by atomic mass is 32.2. The predicted octanol–water partition coefficient (Wildman–Crippen LogP) is 3.39. The van der Waals surface area contributed by atoms with E-state index >= 15 is 0 Å². The first kappa shape index (κ1) is 38.2. The molecule has 2 amide bonds. The third-order valence-corrected chi connectivity index (χ3v) is 11.0. The van der Waals surface area contributed by atoms with E-state index in [-0.39, 0.29) is 12.5 Å². The summed E-state index contributed by atoms with van der Waals surface area (Å²) in [5, 5.41) is 44.8. The molecule has 13 heteroatoms. The van der Waals surface area contributed by atoms with Gasteiger partial charge in [0.2, 0.25) is 5.91 Å². The Morgan fingerprint density at radius 2 is 1.81 bits per heavy atom. The second-order valence-electron chi connectivity index (χ2n) is 14.4. The maximum Gasteiger partial charge on any atom is 0.411 e. The summed E-state index contributed by atoms with van der Waals surface area (Å²) < 4.78 is 18.2. The van der Waals surface area contributed by atoms with Gasteiger partial charge >= 0.3 is 6.09 Å². The number of aliphatic hydroxyl groups is 4. The van der Waals surface area contributed by atoms with E-state index < -0.39 is 65.6 Å². The quantitative estimate of drug-likeness (QED) is 0.216. The molecule has 0 aromatic heterocycles. The molecule has 0 unspecified atom stereocenters. The van der Waals surface area contributed by atoms with E-state index in [0.717, 1.165) is 29.7 Å². The largest absolute Gasteiger partial charge is 0.444 e. The van der Waals surface area contributed by atoms with Gasteiger partial charge in [-0.2, -0.15) is 0 Å². The zero-order valence-electron chi connectivity index (χ0n) is 28.4. The minimum absolute atomic E-state index is 0.0465. The molecule has 0 aliphatic carbocycles. The highest BCUT2D eigenvalue weighted by Crippen LogP contribution is 2.38. The van der Waals surface area contributed by atoms with Crippen LogP contribution in [0.15, 0.2) is 29.2 Å². The van der Waals surface area contributed by atoms with E-state index in [1.54, 1.807) is 38.8 Å². The Balaban J connectivity index is 1.59. The predicted molar refractivity (Wildman–Crippen MR) is 182 cm³/mol. The zero-order valence-corrected chi connectivity index (χ0v) is 30.0. The number of nitrogens with zero attached hydrogens (tertiary/aromatic N) is 1. The third kappa shape index (κ3) is 10.00. The smallest absolute Gasteiger partial charge is 0.411 e. The fourth-order valence-electron chi connectivity index (χ4n) is 6.92. The lowest BCUT2D eigenvalue weighted by atomic mass is 9.85. The molecule has 0 radical (unpaired) electrons. The number of hydrogen-bond acceptors (Lipinski definition) is 11. The summed E-state index contributed by atoms with van der Waals surface area (Å²) in [7, 11) is 0. The first-order valence-corrected chi connectivity index (χ1v) is 19.0. The molecule has 0 bridgehead atoms. The molecule has 3 heterocycles. The first-order valence-electron chi connectivity index (χ1n) is 16.7. The summed E-state index contributed by atoms with van der Waals surface area (Å²) in [6, 6.07) is 5.78. The van der Waals surface area contributed by atoms with Crippen molar-refractivity contribution in [2.24, 2.45) is 17.8 Å². The number of carbonyl (C=O) groups is 2. The highest BCUT2D eigenvalue weighted by Gasteiger charge is 2.53. The minimum atomic E-state index is -1.47. The van der Waals surface area contributed by atoms with Gasteiger partial charge in [-0.15, -0.1) is 23.5 Å². The van der Waals surface area contributed by atoms with Crippen LogP contribution in [0.25, 0.3) is 0 Å². The molecule has 1 aromatic carbocycles. The Morgan fingerprint density at radius 1 is 1.11 bits per heavy atom. The summed E-state index contributed by atoms with van der Waals surface area (Å²) >= 11 is 2.75. The number of benzene rings is 1. The van der Waals surface area contributed by atoms with Crippen molar-refractivity contribution in [1.29, 1.82) is 0 Å². The molecule has 3 saturated heterocycles. The van der Waals surface area contributed by atoms with Crippen molar-refractivity contribution in [3.8, 4) is 0 Å². The van der Waals surface area contributed by atoms with Crippen LogP contribution in [0.4, 0.5) is 4.79 Å². The van der Waals surface area contributed by atoms with Gasteiger partial charge in [0.1, 0.15) is 41.5 Å². The summed E-state index contributed by atoms with van der Waals surface area (Å²) in [6.45, 7) is 10.5. The van der Waals surface area contributed by atoms with Crippen LogP contribution in [0, 0.1) is 17.8 Å². The van der Waals surface area contributed by atoms with Crippen LogP contribution in [-0.2, 0) is 25.6 Å². The molecule has 0 spiro atoms. The lowest BCUT2D eigenvalue weighted by molar-refractivity contribution is -0.205. The molecule has 11 nitrogen and oxygen atoms in total. The second kappa shape index (κ2) is 16.9. The maximum atomic E-state index is 14.4. The van der Waals surface area contributed by atoms with Crippen LogP contribution in [0.5, 0.6) is 0 Å². The number of nitrogens with one attached hydrogen (secondary N) is 1. The molecule has 1 aromatic rings. The van der Waals surface area contributed by atoms with E-state index in [1.807, 2.05) is 24.3 Å². The van der Waals surface area contributed by atoms with Crippen molar-refractivity contribution in [3.63, 3.8) is 0 Å². The first-order chi connectivity index (χ1) is 22.2. The molecule has 3 aliphatic heterocycles. The van der Waals surface area contributed by atoms with Crippen LogP contribution in [0.3, 0.4) is 0 Å². The van der Waals surface area contributed by atoms with Gasteiger partial charge in [0.05, 0.1) is 18.8 Å². The van der Waals surface area contributed by atoms with Crippen molar-refractivity contribution in [2.75, 3.05) is 25.2 Å². The van der Waals surface area contributed by atoms with E-state index in [4.69, 9.17) is 14.2 Å². The summed E-state index contributed by atoms with van der Waals surface area (Å²) in [5.74, 6) is 0.982. The molecule has 4 rings (SSSR count). The molecule has 5 N–H and O–H groups in total. The van der Waals surface area contributed by atoms with Crippen LogP contribution < -0.4 is 5.32 Å². The van der Waals surface area contributed by atoms with Gasteiger partial charge in [-0.1, -0.05) is 26.0 Å². The fourth-order valence-corrected chi connectivity index (χ4v) is 8.54. The molecular weight excluding hydrogens is 645 g/mol. The number of fused-ring (bicyclic) bond motifs is 1. The van der Waals surface area contributed by atoms with Crippen molar-refractivity contribution < 1.29 is 44.2 Å². The fraction of sp³-hybridized carbons (Fsp3) is 0.765. The number of likely N-dealkylation sites (tertiary alicyclic amines) is 1. The van der Waals surface area contributed by atoms with Crippen LogP contribution in [-0.4, -0.2) is 116 Å². The Hall–Kier alpha value is -1.58. The molecule has 3 fully saturated rings. The lowest BCUT2D eigenvalue weighted by Crippen LogP contribution is -2.64. The van der Waals surface area contributed by atoms with E-state index in [0.29, 0.717) is 37.2 Å². The topological polar surface area (TPSA) is 158 Å². The number of carbonyl (C=O) groups excluding carboxylic acids is 2. The van der Waals surface area contributed by atoms with Gasteiger partial charge in [0, 0.05) is 29.7 Å². The summed E-state index contributed by atoms with van der Waals surface area (Å²) in [5.41, 5.74) is -0.772. The van der Waals surface area contributed by atoms with Gasteiger partial charge in [-0.25, -0.2) is 4.79 Å². The van der Waals surface area contributed by atoms with Crippen LogP contribution in [0.1, 0.15) is 65.9 Å². The Bertz CT molecular complexity index is 1170. The van der Waals surface area contributed by atoms with Crippen LogP contribution in [0.2, 0.25) is 0 Å². The van der Waals surface area contributed by atoms with Crippen molar-refractivity contribution >= 4 is 35.5 Å². The standard InChI is InChI=1S/C34H54N2O9S2/c1-19(2)15-21-11-13-43-29-22(16-21)17-36(33(42)45-34(3,4)5)25(29)31(41)35-24(12-14-47-23-9-7-20(18-37)8-10-23)30-27(39)26(38)28(40)32(44-30)46-6/h7-10,19,21-22,24-30,32,37-40H,11-18H2,1-6H3,(H,35,41)/t21-,22-,24-,25-,26-,27+,28+,29+,30+,32+/m0/s1. The Labute approximate surface area is 287 Å². The average molecular weight is 699 g/mol. The number of thioether (sulfide) groups is 2. The van der Waals surface area contributed by atoms with E-state index in [2.05, 4.69) is 19.2 Å². The normalized spacial score (nSPS) is 32.1. The van der Waals surface area contributed by atoms with Crippen molar-refractivity contribution in [1.82, 2.24) is 10.2 Å². The van der Waals surface area contributed by atoms with E-state index in [1.165, 1.54) is 16.7 Å². The SMILES string of the molecule is CS[C@H]1O[C@H]([C@H](CCSc2ccc(CO)cc2)NC(=O)[C@@H]2[C@@H]3OCC[C@@H](CC(C)C)C[C@H]3CN2C(=O)OC(C)(C)C)[C@H](O)[C@H](O)[C@H]1O. The Kier molecular flexibility index (Phi) is 13.7. The molecule has 47 heavy (non-hydrogen) atoms. The number of ether oxygens (including phenoxy) is 3.